The Hall–Kier alpha value is -8.98. The van der Waals surface area contributed by atoms with Crippen LogP contribution in [0.25, 0.3) is 22.8 Å². The molecule has 0 unspecified atom stereocenters. The third-order valence-corrected chi connectivity index (χ3v) is 14.8. The predicted molar refractivity (Wildman–Crippen MR) is 316 cm³/mol. The molecule has 20 nitrogen and oxygen atoms in total. The lowest BCUT2D eigenvalue weighted by Gasteiger charge is -2.29. The predicted octanol–water partition coefficient (Wildman–Crippen LogP) is 11.7. The molecule has 8 aromatic rings. The summed E-state index contributed by atoms with van der Waals surface area (Å²) in [5.41, 5.74) is -0.0959. The van der Waals surface area contributed by atoms with Crippen LogP contribution in [0, 0.1) is 0 Å². The number of carbonyl (C=O) groups is 2. The SMILES string of the molecule is CNc1ncnc(-c2cccnc2Oc2ccc(Cl)c(NC(=O)c3cc(C(F)(F)F)ccc3N(C)[C@@H]3CCN(C)C3)c2)n1.CNc1ncnc(-c2cccnc2Oc2ccc(Cl)c(NC(=O)c3cc(C(F)(F)F)ccc3N(C)[C@H]3CCN(C)C3)c2)n1. The zero-order chi connectivity index (χ0) is 61.5. The molecule has 2 amide bonds. The van der Waals surface area contributed by atoms with Gasteiger partial charge in [-0.1, -0.05) is 23.2 Å². The summed E-state index contributed by atoms with van der Waals surface area (Å²) in [7, 11) is 10.9. The van der Waals surface area contributed by atoms with Gasteiger partial charge in [-0.05, 0) is 125 Å². The molecular formula is C58H56Cl2F6N16O4. The molecular weight excluding hydrogens is 1170 g/mol. The highest BCUT2D eigenvalue weighted by atomic mass is 35.5. The van der Waals surface area contributed by atoms with Gasteiger partial charge in [-0.25, -0.2) is 29.9 Å². The number of aromatic nitrogens is 8. The number of likely N-dealkylation sites (tertiary alicyclic amines) is 2. The molecule has 0 aliphatic carbocycles. The summed E-state index contributed by atoms with van der Waals surface area (Å²) >= 11 is 12.8. The number of ether oxygens (including phenoxy) is 2. The Balaban J connectivity index is 0.000000205. The van der Waals surface area contributed by atoms with E-state index < -0.39 is 35.3 Å². The largest absolute Gasteiger partial charge is 0.438 e. The van der Waals surface area contributed by atoms with Crippen LogP contribution in [0.4, 0.5) is 61.0 Å². The molecule has 4 aromatic carbocycles. The number of hydrogen-bond acceptors (Lipinski definition) is 18. The van der Waals surface area contributed by atoms with Crippen molar-refractivity contribution < 1.29 is 45.4 Å². The first-order valence-corrected chi connectivity index (χ1v) is 27.3. The topological polar surface area (TPSA) is 217 Å². The smallest absolute Gasteiger partial charge is 0.416 e. The summed E-state index contributed by atoms with van der Waals surface area (Å²) in [6.45, 7) is 3.14. The van der Waals surface area contributed by atoms with Crippen LogP contribution in [-0.2, 0) is 12.4 Å². The van der Waals surface area contributed by atoms with E-state index in [2.05, 4.69) is 70.9 Å². The number of benzene rings is 4. The van der Waals surface area contributed by atoms with E-state index >= 15 is 0 Å². The Morgan fingerprint density at radius 3 is 1.34 bits per heavy atom. The van der Waals surface area contributed by atoms with Crippen molar-refractivity contribution in [3.8, 4) is 46.0 Å². The summed E-state index contributed by atoms with van der Waals surface area (Å²) in [4.78, 5) is 68.8. The molecule has 0 saturated carbocycles. The van der Waals surface area contributed by atoms with Gasteiger partial charge in [0.2, 0.25) is 23.7 Å². The van der Waals surface area contributed by atoms with E-state index in [0.717, 1.165) is 63.3 Å². The maximum Gasteiger partial charge on any atom is 0.416 e. The van der Waals surface area contributed by atoms with Gasteiger partial charge in [0, 0.05) is 89.3 Å². The Kier molecular flexibility index (Phi) is 19.0. The van der Waals surface area contributed by atoms with Gasteiger partial charge < -0.3 is 50.3 Å². The Morgan fingerprint density at radius 2 is 0.977 bits per heavy atom. The number of nitrogens with one attached hydrogen (secondary N) is 4. The van der Waals surface area contributed by atoms with Crippen LogP contribution in [0.3, 0.4) is 0 Å². The molecule has 2 fully saturated rings. The number of rotatable bonds is 16. The second kappa shape index (κ2) is 26.5. The minimum absolute atomic E-state index is 0.0368. The fourth-order valence-electron chi connectivity index (χ4n) is 9.56. The van der Waals surface area contributed by atoms with Gasteiger partial charge in [0.25, 0.3) is 11.8 Å². The van der Waals surface area contributed by atoms with Crippen molar-refractivity contribution in [1.82, 2.24) is 49.7 Å². The van der Waals surface area contributed by atoms with Crippen molar-refractivity contribution in [2.75, 3.05) is 99.5 Å². The van der Waals surface area contributed by atoms with Gasteiger partial charge in [0.15, 0.2) is 11.6 Å². The number of anilines is 6. The van der Waals surface area contributed by atoms with Gasteiger partial charge in [-0.2, -0.15) is 36.3 Å². The zero-order valence-electron chi connectivity index (χ0n) is 47.0. The van der Waals surface area contributed by atoms with Crippen LogP contribution >= 0.6 is 23.2 Å². The summed E-state index contributed by atoms with van der Waals surface area (Å²) in [6.07, 6.45) is -1.85. The molecule has 6 heterocycles. The number of nitrogens with zero attached hydrogens (tertiary/aromatic N) is 12. The lowest BCUT2D eigenvalue weighted by atomic mass is 10.0. The summed E-state index contributed by atoms with van der Waals surface area (Å²) in [5.74, 6) is 0.738. The molecule has 0 bridgehead atoms. The van der Waals surface area contributed by atoms with E-state index in [1.54, 1.807) is 64.6 Å². The molecule has 86 heavy (non-hydrogen) atoms. The maximum atomic E-state index is 13.7. The number of hydrogen-bond donors (Lipinski definition) is 4. The zero-order valence-corrected chi connectivity index (χ0v) is 48.5. The van der Waals surface area contributed by atoms with E-state index in [0.29, 0.717) is 46.0 Å². The second-order valence-electron chi connectivity index (χ2n) is 20.0. The maximum absolute atomic E-state index is 13.7. The summed E-state index contributed by atoms with van der Waals surface area (Å²) in [5, 5.41) is 11.4. The Labute approximate surface area is 500 Å². The molecule has 0 spiro atoms. The van der Waals surface area contributed by atoms with Gasteiger partial charge in [0.1, 0.15) is 24.2 Å². The number of alkyl halides is 6. The van der Waals surface area contributed by atoms with Crippen LogP contribution in [0.5, 0.6) is 23.3 Å². The fourth-order valence-corrected chi connectivity index (χ4v) is 9.89. The molecule has 2 saturated heterocycles. The van der Waals surface area contributed by atoms with Crippen molar-refractivity contribution >= 4 is 69.7 Å². The quantitative estimate of drug-likeness (QED) is 0.0661. The highest BCUT2D eigenvalue weighted by Gasteiger charge is 2.36. The highest BCUT2D eigenvalue weighted by Crippen LogP contribution is 2.40. The van der Waals surface area contributed by atoms with Crippen molar-refractivity contribution in [2.24, 2.45) is 0 Å². The van der Waals surface area contributed by atoms with Crippen LogP contribution in [0.2, 0.25) is 10.0 Å². The van der Waals surface area contributed by atoms with Crippen LogP contribution in [0.1, 0.15) is 44.7 Å². The lowest BCUT2D eigenvalue weighted by molar-refractivity contribution is -0.138. The minimum Gasteiger partial charge on any atom is -0.438 e. The van der Waals surface area contributed by atoms with Gasteiger partial charge in [0.05, 0.1) is 54.8 Å². The number of pyridine rings is 2. The lowest BCUT2D eigenvalue weighted by Crippen LogP contribution is -2.35. The second-order valence-corrected chi connectivity index (χ2v) is 20.8. The Bertz CT molecular complexity index is 3520. The molecule has 2 atom stereocenters. The normalized spacial score (nSPS) is 15.3. The van der Waals surface area contributed by atoms with Crippen LogP contribution < -0.4 is 40.5 Å². The van der Waals surface area contributed by atoms with E-state index in [4.69, 9.17) is 32.7 Å². The third kappa shape index (κ3) is 14.7. The molecule has 2 aliphatic rings. The Morgan fingerprint density at radius 1 is 0.570 bits per heavy atom. The van der Waals surface area contributed by atoms with Crippen LogP contribution in [0.15, 0.2) is 122 Å². The number of amides is 2. The fraction of sp³-hybridized carbons (Fsp3) is 0.276. The minimum atomic E-state index is -4.63. The van der Waals surface area contributed by atoms with Crippen molar-refractivity contribution in [3.05, 3.63) is 154 Å². The highest BCUT2D eigenvalue weighted by molar-refractivity contribution is 6.34. The third-order valence-electron chi connectivity index (χ3n) is 14.1. The van der Waals surface area contributed by atoms with Crippen LogP contribution in [-0.4, -0.2) is 142 Å². The molecule has 2 aliphatic heterocycles. The first-order valence-electron chi connectivity index (χ1n) is 26.5. The summed E-state index contributed by atoms with van der Waals surface area (Å²) in [6, 6.07) is 22.4. The van der Waals surface area contributed by atoms with E-state index in [9.17, 15) is 35.9 Å². The van der Waals surface area contributed by atoms with Gasteiger partial charge >= 0.3 is 12.4 Å². The van der Waals surface area contributed by atoms with Crippen molar-refractivity contribution in [2.45, 2.75) is 37.3 Å². The molecule has 28 heteroatoms. The molecule has 448 valence electrons. The van der Waals surface area contributed by atoms with Gasteiger partial charge in [-0.15, -0.1) is 0 Å². The van der Waals surface area contributed by atoms with Crippen molar-refractivity contribution in [1.29, 1.82) is 0 Å². The molecule has 0 radical (unpaired) electrons. The first-order chi connectivity index (χ1) is 41.1. The number of halogens is 8. The standard InChI is InChI=1S/2C29H28ClF3N8O2/c2*1-34-28-37-16-36-25(39-28)20-5-4-11-35-27(20)43-19-7-8-22(30)23(14-19)38-26(42)21-13-17(29(31,32)33)6-9-24(21)41(3)18-10-12-40(2)15-18/h2*4-9,11,13-14,16,18H,10,12,15H2,1-3H3,(H,38,42)(H,34,36,37,39)/t2*18-/m10/s1. The van der Waals surface area contributed by atoms with Gasteiger partial charge in [-0.3, -0.25) is 9.59 Å². The van der Waals surface area contributed by atoms with Crippen molar-refractivity contribution in [3.63, 3.8) is 0 Å². The van der Waals surface area contributed by atoms with E-state index in [1.165, 1.54) is 61.4 Å². The first kappa shape index (κ1) is 61.6. The summed E-state index contributed by atoms with van der Waals surface area (Å²) < 4.78 is 94.0. The average molecular weight is 1230 g/mol. The number of carbonyl (C=O) groups excluding carboxylic acids is 2. The number of likely N-dealkylation sites (N-methyl/N-ethyl adjacent to an activating group) is 4. The van der Waals surface area contributed by atoms with E-state index in [-0.39, 0.29) is 67.9 Å². The van der Waals surface area contributed by atoms with E-state index in [1.807, 2.05) is 23.9 Å². The molecule has 4 aromatic heterocycles. The molecule has 4 N–H and O–H groups in total. The monoisotopic (exact) mass is 1220 g/mol. The molecule has 10 rings (SSSR count). The average Bonchev–Trinajstić information content (AvgIpc) is 2.15.